The van der Waals surface area contributed by atoms with Crippen LogP contribution >= 0.6 is 11.8 Å². The lowest BCUT2D eigenvalue weighted by Crippen LogP contribution is -2.24. The van der Waals surface area contributed by atoms with E-state index in [2.05, 4.69) is 15.5 Å². The van der Waals surface area contributed by atoms with Crippen molar-refractivity contribution in [1.29, 1.82) is 0 Å². The van der Waals surface area contributed by atoms with E-state index in [-0.39, 0.29) is 17.5 Å². The number of halogens is 1. The average Bonchev–Trinajstić information content (AvgIpc) is 2.81. The maximum atomic E-state index is 12.7. The van der Waals surface area contributed by atoms with Gasteiger partial charge in [0.2, 0.25) is 11.1 Å². The number of carbonyl (C=O) groups excluding carboxylic acids is 1. The van der Waals surface area contributed by atoms with Gasteiger partial charge in [-0.2, -0.15) is 0 Å². The highest BCUT2D eigenvalue weighted by molar-refractivity contribution is 7.99. The van der Waals surface area contributed by atoms with E-state index in [1.54, 1.807) is 12.1 Å². The highest BCUT2D eigenvalue weighted by Crippen LogP contribution is 2.11. The predicted octanol–water partition coefficient (Wildman–Crippen LogP) is 0.539. The van der Waals surface area contributed by atoms with E-state index in [0.717, 1.165) is 5.56 Å². The fourth-order valence-electron chi connectivity index (χ4n) is 1.32. The molecule has 3 N–H and O–H groups in total. The standard InChI is InChI=1S/C11H12FN5OS/c12-9-3-1-8(2-4-9)5-14-10(18)6-19-11-16-15-7-17(11)13/h1-4,7H,5-6,13H2,(H,14,18). The highest BCUT2D eigenvalue weighted by Gasteiger charge is 2.07. The molecule has 0 bridgehead atoms. The summed E-state index contributed by atoms with van der Waals surface area (Å²) < 4.78 is 13.9. The maximum Gasteiger partial charge on any atom is 0.230 e. The third kappa shape index (κ3) is 3.95. The van der Waals surface area contributed by atoms with Gasteiger partial charge in [0.25, 0.3) is 0 Å². The Morgan fingerprint density at radius 1 is 1.42 bits per heavy atom. The topological polar surface area (TPSA) is 85.8 Å². The molecule has 0 aliphatic heterocycles. The maximum absolute atomic E-state index is 12.7. The van der Waals surface area contributed by atoms with Gasteiger partial charge in [0.15, 0.2) is 0 Å². The summed E-state index contributed by atoms with van der Waals surface area (Å²) in [5, 5.41) is 10.5. The van der Waals surface area contributed by atoms with Crippen molar-refractivity contribution in [2.75, 3.05) is 11.6 Å². The Labute approximate surface area is 113 Å². The van der Waals surface area contributed by atoms with Crippen LogP contribution in [0.2, 0.25) is 0 Å². The first-order chi connectivity index (χ1) is 9.15. The Balaban J connectivity index is 1.76. The van der Waals surface area contributed by atoms with Gasteiger partial charge in [-0.3, -0.25) is 4.79 Å². The van der Waals surface area contributed by atoms with E-state index in [1.165, 1.54) is 34.9 Å². The molecule has 19 heavy (non-hydrogen) atoms. The van der Waals surface area contributed by atoms with Crippen LogP contribution in [0.3, 0.4) is 0 Å². The number of benzene rings is 1. The average molecular weight is 281 g/mol. The molecular weight excluding hydrogens is 269 g/mol. The van der Waals surface area contributed by atoms with Crippen LogP contribution in [0.25, 0.3) is 0 Å². The Morgan fingerprint density at radius 2 is 2.16 bits per heavy atom. The van der Waals surface area contributed by atoms with Crippen molar-refractivity contribution in [2.24, 2.45) is 0 Å². The molecule has 100 valence electrons. The minimum atomic E-state index is -0.298. The van der Waals surface area contributed by atoms with Crippen molar-refractivity contribution in [2.45, 2.75) is 11.7 Å². The summed E-state index contributed by atoms with van der Waals surface area (Å²) >= 11 is 1.19. The molecule has 0 radical (unpaired) electrons. The van der Waals surface area contributed by atoms with Crippen LogP contribution in [-0.2, 0) is 11.3 Å². The second-order valence-electron chi connectivity index (χ2n) is 3.71. The minimum Gasteiger partial charge on any atom is -0.351 e. The van der Waals surface area contributed by atoms with Gasteiger partial charge in [0.1, 0.15) is 12.1 Å². The molecule has 0 fully saturated rings. The van der Waals surface area contributed by atoms with Crippen LogP contribution in [0.5, 0.6) is 0 Å². The molecule has 1 aromatic heterocycles. The van der Waals surface area contributed by atoms with Crippen LogP contribution in [0, 0.1) is 5.82 Å². The van der Waals surface area contributed by atoms with Gasteiger partial charge in [-0.15, -0.1) is 10.2 Å². The van der Waals surface area contributed by atoms with Gasteiger partial charge in [0, 0.05) is 6.54 Å². The number of thioether (sulfide) groups is 1. The zero-order valence-electron chi connectivity index (χ0n) is 9.91. The first-order valence-electron chi connectivity index (χ1n) is 5.44. The van der Waals surface area contributed by atoms with Gasteiger partial charge in [-0.1, -0.05) is 23.9 Å². The van der Waals surface area contributed by atoms with Gasteiger partial charge in [-0.25, -0.2) is 9.07 Å². The zero-order valence-corrected chi connectivity index (χ0v) is 10.7. The second kappa shape index (κ2) is 6.19. The Hall–Kier alpha value is -2.09. The summed E-state index contributed by atoms with van der Waals surface area (Å²) in [6.07, 6.45) is 1.36. The summed E-state index contributed by atoms with van der Waals surface area (Å²) in [6.45, 7) is 0.356. The quantitative estimate of drug-likeness (QED) is 0.617. The molecule has 0 saturated carbocycles. The lowest BCUT2D eigenvalue weighted by atomic mass is 10.2. The zero-order chi connectivity index (χ0) is 13.7. The fraction of sp³-hybridized carbons (Fsp3) is 0.182. The first kappa shape index (κ1) is 13.3. The Morgan fingerprint density at radius 3 is 2.79 bits per heavy atom. The summed E-state index contributed by atoms with van der Waals surface area (Å²) in [4.78, 5) is 11.6. The number of nitrogens with zero attached hydrogens (tertiary/aromatic N) is 3. The van der Waals surface area contributed by atoms with Gasteiger partial charge in [0.05, 0.1) is 5.75 Å². The third-order valence-corrected chi connectivity index (χ3v) is 3.23. The summed E-state index contributed by atoms with van der Waals surface area (Å²) in [5.74, 6) is 5.25. The SMILES string of the molecule is Nn1cnnc1SCC(=O)NCc1ccc(F)cc1. The number of hydrogen-bond donors (Lipinski definition) is 2. The molecule has 2 aromatic rings. The molecule has 1 amide bonds. The predicted molar refractivity (Wildman–Crippen MR) is 69.1 cm³/mol. The largest absolute Gasteiger partial charge is 0.351 e. The van der Waals surface area contributed by atoms with Crippen molar-refractivity contribution in [3.63, 3.8) is 0 Å². The minimum absolute atomic E-state index is 0.155. The first-order valence-corrected chi connectivity index (χ1v) is 6.43. The number of hydrogen-bond acceptors (Lipinski definition) is 5. The van der Waals surface area contributed by atoms with Crippen LogP contribution in [0.4, 0.5) is 4.39 Å². The van der Waals surface area contributed by atoms with Crippen LogP contribution in [0.1, 0.15) is 5.56 Å². The van der Waals surface area contributed by atoms with Crippen molar-refractivity contribution in [3.05, 3.63) is 42.0 Å². The molecule has 1 aromatic carbocycles. The summed E-state index contributed by atoms with van der Waals surface area (Å²) in [5.41, 5.74) is 0.835. The molecule has 0 saturated heterocycles. The second-order valence-corrected chi connectivity index (χ2v) is 4.66. The van der Waals surface area contributed by atoms with Gasteiger partial charge >= 0.3 is 0 Å². The number of amides is 1. The molecule has 2 rings (SSSR count). The van der Waals surface area contributed by atoms with Crippen molar-refractivity contribution >= 4 is 17.7 Å². The number of rotatable bonds is 5. The van der Waals surface area contributed by atoms with Crippen molar-refractivity contribution < 1.29 is 9.18 Å². The number of carbonyl (C=O) groups is 1. The van der Waals surface area contributed by atoms with Crippen LogP contribution in [0.15, 0.2) is 35.7 Å². The van der Waals surface area contributed by atoms with E-state index in [0.29, 0.717) is 11.7 Å². The van der Waals surface area contributed by atoms with Crippen LogP contribution < -0.4 is 11.2 Å². The van der Waals surface area contributed by atoms with E-state index >= 15 is 0 Å². The molecule has 6 nitrogen and oxygen atoms in total. The van der Waals surface area contributed by atoms with Crippen molar-refractivity contribution in [1.82, 2.24) is 20.2 Å². The van der Waals surface area contributed by atoms with E-state index in [1.807, 2.05) is 0 Å². The smallest absolute Gasteiger partial charge is 0.230 e. The molecule has 0 atom stereocenters. The fourth-order valence-corrected chi connectivity index (χ4v) is 1.98. The molecule has 1 heterocycles. The molecule has 0 aliphatic rings. The summed E-state index contributed by atoms with van der Waals surface area (Å²) in [7, 11) is 0. The van der Waals surface area contributed by atoms with E-state index in [9.17, 15) is 9.18 Å². The number of nitrogen functional groups attached to an aromatic ring is 1. The normalized spacial score (nSPS) is 10.4. The number of nitrogens with one attached hydrogen (secondary N) is 1. The number of nitrogens with two attached hydrogens (primary N) is 1. The lowest BCUT2D eigenvalue weighted by Gasteiger charge is -2.05. The molecule has 0 aliphatic carbocycles. The molecular formula is C11H12FN5OS. The van der Waals surface area contributed by atoms with Crippen LogP contribution in [-0.4, -0.2) is 26.5 Å². The Kier molecular flexibility index (Phi) is 4.35. The monoisotopic (exact) mass is 281 g/mol. The van der Waals surface area contributed by atoms with Crippen molar-refractivity contribution in [3.8, 4) is 0 Å². The lowest BCUT2D eigenvalue weighted by molar-refractivity contribution is -0.118. The van der Waals surface area contributed by atoms with E-state index in [4.69, 9.17) is 5.84 Å². The molecule has 0 unspecified atom stereocenters. The van der Waals surface area contributed by atoms with Gasteiger partial charge < -0.3 is 11.2 Å². The highest BCUT2D eigenvalue weighted by atomic mass is 32.2. The van der Waals surface area contributed by atoms with E-state index < -0.39 is 0 Å². The number of aromatic nitrogens is 3. The van der Waals surface area contributed by atoms with Gasteiger partial charge in [-0.05, 0) is 17.7 Å². The molecule has 8 heteroatoms. The Bertz CT molecular complexity index is 556. The molecule has 0 spiro atoms. The third-order valence-electron chi connectivity index (χ3n) is 2.28. The summed E-state index contributed by atoms with van der Waals surface area (Å²) in [6, 6.07) is 5.96.